The van der Waals surface area contributed by atoms with Crippen molar-refractivity contribution in [3.05, 3.63) is 24.3 Å². The minimum absolute atomic E-state index is 0.159. The van der Waals surface area contributed by atoms with E-state index in [1.54, 1.807) is 24.5 Å². The molecule has 0 saturated carbocycles. The summed E-state index contributed by atoms with van der Waals surface area (Å²) in [4.78, 5) is 11.0. The molecule has 0 heterocycles. The van der Waals surface area contributed by atoms with E-state index in [4.69, 9.17) is 9.84 Å². The van der Waals surface area contributed by atoms with Crippen molar-refractivity contribution in [2.75, 3.05) is 12.9 Å². The Hall–Kier alpha value is -1.20. The van der Waals surface area contributed by atoms with E-state index in [0.29, 0.717) is 30.1 Å². The van der Waals surface area contributed by atoms with Crippen LogP contribution in [0.25, 0.3) is 0 Å². The van der Waals surface area contributed by atoms with Gasteiger partial charge in [-0.2, -0.15) is 0 Å². The number of aliphatic carboxylic acids is 1. The first-order valence-electron chi connectivity index (χ1n) is 5.29. The zero-order valence-corrected chi connectivity index (χ0v) is 10.5. The molecule has 0 bridgehead atoms. The lowest BCUT2D eigenvalue weighted by molar-refractivity contribution is -0.137. The largest absolute Gasteiger partial charge is 0.612 e. The molecule has 1 N–H and O–H groups in total. The second-order valence-corrected chi connectivity index (χ2v) is 4.92. The van der Waals surface area contributed by atoms with Crippen LogP contribution in [0, 0.1) is 6.07 Å². The summed E-state index contributed by atoms with van der Waals surface area (Å²) in [6.07, 6.45) is 3.03. The summed E-state index contributed by atoms with van der Waals surface area (Å²) in [6, 6.07) is 7.98. The molecule has 0 aromatic heterocycles. The van der Waals surface area contributed by atoms with Gasteiger partial charge in [-0.15, -0.1) is 0 Å². The fourth-order valence-electron chi connectivity index (χ4n) is 1.25. The first-order chi connectivity index (χ1) is 8.09. The van der Waals surface area contributed by atoms with Gasteiger partial charge in [-0.25, -0.2) is 0 Å². The van der Waals surface area contributed by atoms with Gasteiger partial charge in [0.2, 0.25) is 0 Å². The van der Waals surface area contributed by atoms with E-state index in [0.717, 1.165) is 0 Å². The predicted molar refractivity (Wildman–Crippen MR) is 64.6 cm³/mol. The number of benzene rings is 1. The van der Waals surface area contributed by atoms with Gasteiger partial charge in [0, 0.05) is 18.6 Å². The van der Waals surface area contributed by atoms with Crippen LogP contribution in [0.15, 0.2) is 23.1 Å². The number of hydrogen-bond acceptors (Lipinski definition) is 3. The first kappa shape index (κ1) is 13.9. The summed E-state index contributed by atoms with van der Waals surface area (Å²) in [5.41, 5.74) is 0. The smallest absolute Gasteiger partial charge is 0.303 e. The van der Waals surface area contributed by atoms with E-state index in [-0.39, 0.29) is 6.42 Å². The number of ether oxygens (including phenoxy) is 1. The number of carboxylic acid groups (broad SMARTS) is 1. The van der Waals surface area contributed by atoms with Crippen LogP contribution in [0.5, 0.6) is 5.75 Å². The minimum atomic E-state index is -1.03. The Morgan fingerprint density at radius 2 is 2.35 bits per heavy atom. The van der Waals surface area contributed by atoms with E-state index >= 15 is 0 Å². The lowest BCUT2D eigenvalue weighted by Gasteiger charge is -2.07. The number of rotatable bonds is 7. The van der Waals surface area contributed by atoms with Crippen molar-refractivity contribution in [3.63, 3.8) is 0 Å². The van der Waals surface area contributed by atoms with Crippen LogP contribution in [0.1, 0.15) is 19.3 Å². The minimum Gasteiger partial charge on any atom is -0.612 e. The Kier molecular flexibility index (Phi) is 5.86. The highest BCUT2D eigenvalue weighted by Gasteiger charge is 2.05. The van der Waals surface area contributed by atoms with E-state index in [9.17, 15) is 9.35 Å². The molecular weight excluding hydrogens is 240 g/mol. The second kappa shape index (κ2) is 7.19. The quantitative estimate of drug-likeness (QED) is 0.596. The highest BCUT2D eigenvalue weighted by molar-refractivity contribution is 7.90. The summed E-state index contributed by atoms with van der Waals surface area (Å²) in [5.74, 6) is -0.243. The molecule has 0 aliphatic heterocycles. The van der Waals surface area contributed by atoms with Gasteiger partial charge < -0.3 is 14.4 Å². The molecule has 4 nitrogen and oxygen atoms in total. The standard InChI is InChI=1S/C12H15O4S/c1-17(15)11-6-4-5-10(9-11)16-8-3-2-7-12(13)14/h4,6,9H,2-3,7-8H2,1H3,(H,13,14). The predicted octanol–water partition coefficient (Wildman–Crippen LogP) is 1.86. The summed E-state index contributed by atoms with van der Waals surface area (Å²) >= 11 is -1.03. The van der Waals surface area contributed by atoms with Crippen molar-refractivity contribution in [1.29, 1.82) is 0 Å². The van der Waals surface area contributed by atoms with Crippen molar-refractivity contribution < 1.29 is 19.2 Å². The van der Waals surface area contributed by atoms with Crippen LogP contribution in [0.2, 0.25) is 0 Å². The Balaban J connectivity index is 2.31. The van der Waals surface area contributed by atoms with E-state index < -0.39 is 17.1 Å². The maximum absolute atomic E-state index is 11.2. The fourth-order valence-corrected chi connectivity index (χ4v) is 1.78. The molecule has 0 saturated heterocycles. The molecule has 0 fully saturated rings. The van der Waals surface area contributed by atoms with Crippen LogP contribution in [-0.4, -0.2) is 28.5 Å². The maximum Gasteiger partial charge on any atom is 0.303 e. The van der Waals surface area contributed by atoms with Crippen LogP contribution < -0.4 is 4.74 Å². The van der Waals surface area contributed by atoms with Gasteiger partial charge in [0.15, 0.2) is 4.90 Å². The molecule has 1 unspecified atom stereocenters. The molecular formula is C12H15O4S. The third-order valence-corrected chi connectivity index (χ3v) is 3.04. The maximum atomic E-state index is 11.2. The lowest BCUT2D eigenvalue weighted by atomic mass is 10.2. The highest BCUT2D eigenvalue weighted by Crippen LogP contribution is 2.16. The summed E-state index contributed by atoms with van der Waals surface area (Å²) in [7, 11) is 0. The van der Waals surface area contributed by atoms with Crippen LogP contribution in [-0.2, 0) is 16.0 Å². The van der Waals surface area contributed by atoms with Crippen LogP contribution in [0.3, 0.4) is 0 Å². The van der Waals surface area contributed by atoms with Gasteiger partial charge >= 0.3 is 5.97 Å². The van der Waals surface area contributed by atoms with Crippen molar-refractivity contribution in [2.45, 2.75) is 24.2 Å². The van der Waals surface area contributed by atoms with Gasteiger partial charge in [0.05, 0.1) is 6.61 Å². The Labute approximate surface area is 104 Å². The molecule has 1 atom stereocenters. The van der Waals surface area contributed by atoms with Gasteiger partial charge in [-0.05, 0) is 36.2 Å². The molecule has 0 aliphatic rings. The molecule has 0 aliphatic carbocycles. The molecule has 17 heavy (non-hydrogen) atoms. The van der Waals surface area contributed by atoms with E-state index in [1.807, 2.05) is 0 Å². The molecule has 1 aromatic carbocycles. The van der Waals surface area contributed by atoms with Crippen LogP contribution >= 0.6 is 0 Å². The average molecular weight is 255 g/mol. The summed E-state index contributed by atoms with van der Waals surface area (Å²) in [5, 5.41) is 8.45. The number of carbonyl (C=O) groups is 1. The fraction of sp³-hybridized carbons (Fsp3) is 0.417. The molecule has 5 heteroatoms. The molecule has 0 amide bonds. The summed E-state index contributed by atoms with van der Waals surface area (Å²) < 4.78 is 16.6. The topological polar surface area (TPSA) is 69.6 Å². The third kappa shape index (κ3) is 5.60. The monoisotopic (exact) mass is 255 g/mol. The Bertz CT molecular complexity index is 365. The Morgan fingerprint density at radius 3 is 3.00 bits per heavy atom. The zero-order chi connectivity index (χ0) is 12.7. The first-order valence-corrected chi connectivity index (χ1v) is 6.85. The molecule has 93 valence electrons. The third-order valence-electron chi connectivity index (χ3n) is 2.12. The normalized spacial score (nSPS) is 12.1. The second-order valence-electron chi connectivity index (χ2n) is 3.54. The highest BCUT2D eigenvalue weighted by atomic mass is 32.2. The van der Waals surface area contributed by atoms with Crippen molar-refractivity contribution in [2.24, 2.45) is 0 Å². The van der Waals surface area contributed by atoms with Gasteiger partial charge in [-0.1, -0.05) is 0 Å². The molecule has 0 spiro atoms. The van der Waals surface area contributed by atoms with Gasteiger partial charge in [0.25, 0.3) is 0 Å². The lowest BCUT2D eigenvalue weighted by Crippen LogP contribution is -2.02. The van der Waals surface area contributed by atoms with Gasteiger partial charge in [0.1, 0.15) is 12.0 Å². The van der Waals surface area contributed by atoms with Crippen molar-refractivity contribution >= 4 is 17.1 Å². The number of carboxylic acids is 1. The zero-order valence-electron chi connectivity index (χ0n) is 9.64. The average Bonchev–Trinajstić information content (AvgIpc) is 2.28. The molecule has 1 radical (unpaired) electrons. The molecule has 1 rings (SSSR count). The summed E-state index contributed by atoms with van der Waals surface area (Å²) in [6.45, 7) is 0.448. The molecule has 1 aromatic rings. The van der Waals surface area contributed by atoms with Crippen molar-refractivity contribution in [3.8, 4) is 5.75 Å². The number of unbranched alkanes of at least 4 members (excludes halogenated alkanes) is 1. The SMILES string of the molecule is C[S+]([O-])c1cc[c]c(OCCCCC(=O)O)c1. The van der Waals surface area contributed by atoms with Gasteiger partial charge in [-0.3, -0.25) is 4.79 Å². The van der Waals surface area contributed by atoms with Crippen molar-refractivity contribution in [1.82, 2.24) is 0 Å². The number of hydrogen-bond donors (Lipinski definition) is 1. The van der Waals surface area contributed by atoms with E-state index in [1.165, 1.54) is 0 Å². The Morgan fingerprint density at radius 1 is 1.59 bits per heavy atom. The van der Waals surface area contributed by atoms with Crippen LogP contribution in [0.4, 0.5) is 0 Å². The van der Waals surface area contributed by atoms with E-state index in [2.05, 4.69) is 6.07 Å².